The van der Waals surface area contributed by atoms with Crippen molar-refractivity contribution < 1.29 is 28.2 Å². The third kappa shape index (κ3) is 3.69. The van der Waals surface area contributed by atoms with E-state index < -0.39 is 42.1 Å². The minimum atomic E-state index is -1.76. The van der Waals surface area contributed by atoms with Crippen molar-refractivity contribution in [3.05, 3.63) is 64.8 Å². The van der Waals surface area contributed by atoms with Crippen LogP contribution >= 0.6 is 0 Å². The van der Waals surface area contributed by atoms with E-state index in [-0.39, 0.29) is 12.1 Å². The van der Waals surface area contributed by atoms with Crippen LogP contribution in [0.4, 0.5) is 4.39 Å². The number of hydrogen-bond acceptors (Lipinski definition) is 7. The van der Waals surface area contributed by atoms with Gasteiger partial charge in [-0.25, -0.2) is 14.2 Å². The lowest BCUT2D eigenvalue weighted by atomic mass is 10.1. The summed E-state index contributed by atoms with van der Waals surface area (Å²) in [5.41, 5.74) is 0.421. The molecule has 0 saturated carbocycles. The number of nitrogens with one attached hydrogen (secondary N) is 1. The number of aromatic amines is 1. The van der Waals surface area contributed by atoms with Crippen molar-refractivity contribution in [2.45, 2.75) is 31.5 Å². The zero-order valence-electron chi connectivity index (χ0n) is 15.9. The van der Waals surface area contributed by atoms with Crippen LogP contribution in [0.1, 0.15) is 23.5 Å². The molecule has 1 unspecified atom stereocenters. The van der Waals surface area contributed by atoms with Crippen LogP contribution in [-0.2, 0) is 19.0 Å². The smallest absolute Gasteiger partial charge is 0.338 e. The van der Waals surface area contributed by atoms with Gasteiger partial charge in [-0.1, -0.05) is 18.2 Å². The van der Waals surface area contributed by atoms with Gasteiger partial charge in [-0.2, -0.15) is 0 Å². The normalized spacial score (nSPS) is 23.4. The van der Waals surface area contributed by atoms with Crippen LogP contribution < -0.4 is 5.56 Å². The summed E-state index contributed by atoms with van der Waals surface area (Å²) in [7, 11) is 0. The standard InChI is InChI=1S/C20H18FN3O6/c1-11(25)29-17-15(21)14(9-28-20(27)12-5-3-2-4-6-12)30-19(17)24-10-23-16-13(24)7-8-22-18(16)26/h2-8,10,14-15,17,19H,9H2,1H3,(H,22,26)/t14-,15+,17-,19?/m1/s1. The lowest BCUT2D eigenvalue weighted by molar-refractivity contribution is -0.154. The molecular weight excluding hydrogens is 397 g/mol. The van der Waals surface area contributed by atoms with Crippen molar-refractivity contribution >= 4 is 23.0 Å². The van der Waals surface area contributed by atoms with E-state index in [1.54, 1.807) is 36.4 Å². The van der Waals surface area contributed by atoms with Gasteiger partial charge in [-0.05, 0) is 18.2 Å². The molecule has 30 heavy (non-hydrogen) atoms. The Morgan fingerprint density at radius 2 is 2.03 bits per heavy atom. The second-order valence-corrected chi connectivity index (χ2v) is 6.74. The highest BCUT2D eigenvalue weighted by Crippen LogP contribution is 2.35. The number of alkyl halides is 1. The Kier molecular flexibility index (Phi) is 5.32. The zero-order valence-corrected chi connectivity index (χ0v) is 15.9. The van der Waals surface area contributed by atoms with Gasteiger partial charge in [-0.3, -0.25) is 14.2 Å². The summed E-state index contributed by atoms with van der Waals surface area (Å²) in [6.45, 7) is 0.777. The topological polar surface area (TPSA) is 113 Å². The molecule has 3 heterocycles. The average molecular weight is 415 g/mol. The number of benzene rings is 1. The van der Waals surface area contributed by atoms with Crippen LogP contribution in [0.25, 0.3) is 11.0 Å². The number of pyridine rings is 1. The summed E-state index contributed by atoms with van der Waals surface area (Å²) >= 11 is 0. The van der Waals surface area contributed by atoms with Gasteiger partial charge in [-0.15, -0.1) is 0 Å². The Morgan fingerprint density at radius 3 is 2.77 bits per heavy atom. The number of rotatable bonds is 5. The van der Waals surface area contributed by atoms with Crippen LogP contribution in [0.5, 0.6) is 0 Å². The highest BCUT2D eigenvalue weighted by atomic mass is 19.1. The summed E-state index contributed by atoms with van der Waals surface area (Å²) in [6.07, 6.45) is -2.60. The van der Waals surface area contributed by atoms with E-state index in [0.29, 0.717) is 11.1 Å². The molecule has 1 saturated heterocycles. The first kappa shape index (κ1) is 19.8. The van der Waals surface area contributed by atoms with E-state index in [1.165, 1.54) is 17.1 Å². The van der Waals surface area contributed by atoms with Crippen LogP contribution in [0, 0.1) is 0 Å². The first-order valence-corrected chi connectivity index (χ1v) is 9.19. The van der Waals surface area contributed by atoms with Gasteiger partial charge in [0.2, 0.25) is 0 Å². The quantitative estimate of drug-likeness (QED) is 0.632. The molecule has 0 spiro atoms. The van der Waals surface area contributed by atoms with E-state index in [9.17, 15) is 14.4 Å². The largest absolute Gasteiger partial charge is 0.459 e. The molecule has 1 fully saturated rings. The summed E-state index contributed by atoms with van der Waals surface area (Å²) < 4.78 is 32.6. The van der Waals surface area contributed by atoms with Gasteiger partial charge in [0, 0.05) is 13.1 Å². The maximum absolute atomic E-state index is 15.1. The van der Waals surface area contributed by atoms with Crippen molar-refractivity contribution in [1.29, 1.82) is 0 Å². The fraction of sp³-hybridized carbons (Fsp3) is 0.300. The highest BCUT2D eigenvalue weighted by molar-refractivity contribution is 5.89. The molecule has 4 rings (SSSR count). The average Bonchev–Trinajstić information content (AvgIpc) is 3.29. The van der Waals surface area contributed by atoms with E-state index in [0.717, 1.165) is 6.92 Å². The lowest BCUT2D eigenvalue weighted by Gasteiger charge is -2.20. The predicted molar refractivity (Wildman–Crippen MR) is 101 cm³/mol. The maximum Gasteiger partial charge on any atom is 0.338 e. The molecular formula is C20H18FN3O6. The number of hydrogen-bond donors (Lipinski definition) is 1. The van der Waals surface area contributed by atoms with Crippen molar-refractivity contribution in [2.75, 3.05) is 6.61 Å². The van der Waals surface area contributed by atoms with Crippen LogP contribution in [0.15, 0.2) is 53.7 Å². The molecule has 2 aromatic heterocycles. The first-order chi connectivity index (χ1) is 14.5. The molecule has 0 aliphatic carbocycles. The summed E-state index contributed by atoms with van der Waals surface area (Å²) in [5.74, 6) is -1.32. The minimum absolute atomic E-state index is 0.136. The van der Waals surface area contributed by atoms with Gasteiger partial charge in [0.1, 0.15) is 12.7 Å². The van der Waals surface area contributed by atoms with Gasteiger partial charge >= 0.3 is 11.9 Å². The number of nitrogens with zero attached hydrogens (tertiary/aromatic N) is 2. The molecule has 1 aromatic carbocycles. The number of imidazole rings is 1. The summed E-state index contributed by atoms with van der Waals surface area (Å²) in [4.78, 5) is 42.1. The Labute approximate surface area is 169 Å². The number of carbonyl (C=O) groups is 2. The van der Waals surface area contributed by atoms with Crippen molar-refractivity contribution in [3.63, 3.8) is 0 Å². The van der Waals surface area contributed by atoms with Gasteiger partial charge in [0.25, 0.3) is 5.56 Å². The van der Waals surface area contributed by atoms with Crippen LogP contribution in [-0.4, -0.2) is 51.5 Å². The predicted octanol–water partition coefficient (Wildman–Crippen LogP) is 1.75. The zero-order chi connectivity index (χ0) is 21.3. The molecule has 1 aliphatic heterocycles. The van der Waals surface area contributed by atoms with E-state index in [2.05, 4.69) is 9.97 Å². The second-order valence-electron chi connectivity index (χ2n) is 6.74. The Bertz CT molecular complexity index is 1130. The Hall–Kier alpha value is -3.53. The van der Waals surface area contributed by atoms with E-state index in [1.807, 2.05) is 0 Å². The van der Waals surface area contributed by atoms with Crippen molar-refractivity contribution in [2.24, 2.45) is 0 Å². The lowest BCUT2D eigenvalue weighted by Crippen LogP contribution is -2.34. The molecule has 0 amide bonds. The van der Waals surface area contributed by atoms with Crippen molar-refractivity contribution in [3.8, 4) is 0 Å². The molecule has 0 radical (unpaired) electrons. The SMILES string of the molecule is CC(=O)O[C@H]1C(n2cnc3c(=O)[nH]ccc32)O[C@H](COC(=O)c2ccccc2)[C@@H]1F. The second kappa shape index (κ2) is 8.07. The maximum atomic E-state index is 15.1. The molecule has 10 heteroatoms. The van der Waals surface area contributed by atoms with E-state index in [4.69, 9.17) is 14.2 Å². The first-order valence-electron chi connectivity index (χ1n) is 9.19. The summed E-state index contributed by atoms with van der Waals surface area (Å²) in [6, 6.07) is 9.84. The molecule has 3 aromatic rings. The number of aromatic nitrogens is 3. The molecule has 4 atom stereocenters. The molecule has 1 aliphatic rings. The number of esters is 2. The number of carbonyl (C=O) groups excluding carboxylic acids is 2. The van der Waals surface area contributed by atoms with Gasteiger partial charge < -0.3 is 19.2 Å². The Balaban J connectivity index is 1.57. The van der Waals surface area contributed by atoms with Crippen LogP contribution in [0.3, 0.4) is 0 Å². The number of fused-ring (bicyclic) bond motifs is 1. The van der Waals surface area contributed by atoms with Crippen molar-refractivity contribution in [1.82, 2.24) is 14.5 Å². The Morgan fingerprint density at radius 1 is 1.27 bits per heavy atom. The number of halogens is 1. The fourth-order valence-electron chi connectivity index (χ4n) is 3.36. The molecule has 0 bridgehead atoms. The highest BCUT2D eigenvalue weighted by Gasteiger charge is 2.49. The number of ether oxygens (including phenoxy) is 3. The third-order valence-corrected chi connectivity index (χ3v) is 4.73. The number of H-pyrrole nitrogens is 1. The van der Waals surface area contributed by atoms with Crippen LogP contribution in [0.2, 0.25) is 0 Å². The fourth-order valence-corrected chi connectivity index (χ4v) is 3.36. The van der Waals surface area contributed by atoms with Gasteiger partial charge in [0.15, 0.2) is 24.0 Å². The molecule has 1 N–H and O–H groups in total. The summed E-state index contributed by atoms with van der Waals surface area (Å²) in [5, 5.41) is 0. The van der Waals surface area contributed by atoms with E-state index >= 15 is 4.39 Å². The third-order valence-electron chi connectivity index (χ3n) is 4.73. The molecule has 9 nitrogen and oxygen atoms in total. The monoisotopic (exact) mass is 415 g/mol. The molecule has 156 valence electrons. The van der Waals surface area contributed by atoms with Gasteiger partial charge in [0.05, 0.1) is 17.4 Å². The minimum Gasteiger partial charge on any atom is -0.459 e.